The molecule has 1 atom stereocenters. The lowest BCUT2D eigenvalue weighted by Gasteiger charge is -2.35. The van der Waals surface area contributed by atoms with Crippen molar-refractivity contribution < 1.29 is 14.3 Å². The first kappa shape index (κ1) is 23.1. The van der Waals surface area contributed by atoms with E-state index in [1.165, 1.54) is 6.07 Å². The molecule has 0 radical (unpaired) electrons. The molecule has 2 aromatic carbocycles. The van der Waals surface area contributed by atoms with Gasteiger partial charge in [-0.05, 0) is 62.0 Å². The lowest BCUT2D eigenvalue weighted by atomic mass is 9.95. The number of nitrogens with zero attached hydrogens (tertiary/aromatic N) is 1. The zero-order chi connectivity index (χ0) is 22.7. The van der Waals surface area contributed by atoms with E-state index in [1.807, 2.05) is 13.0 Å². The third-order valence-corrected chi connectivity index (χ3v) is 6.04. The van der Waals surface area contributed by atoms with Crippen LogP contribution in [-0.4, -0.2) is 35.5 Å². The highest BCUT2D eigenvalue weighted by atomic mass is 35.5. The number of hydrogen-bond donors (Lipinski definition) is 2. The van der Waals surface area contributed by atoms with E-state index in [0.29, 0.717) is 37.7 Å². The molecular formula is C22H21Cl2N3O3S. The molecule has 0 bridgehead atoms. The van der Waals surface area contributed by atoms with Gasteiger partial charge in [0.25, 0.3) is 5.91 Å². The van der Waals surface area contributed by atoms with Crippen LogP contribution >= 0.6 is 35.4 Å². The first-order valence-corrected chi connectivity index (χ1v) is 10.7. The van der Waals surface area contributed by atoms with Crippen LogP contribution in [0.1, 0.15) is 35.8 Å². The van der Waals surface area contributed by atoms with Gasteiger partial charge in [0.15, 0.2) is 5.11 Å². The topological polar surface area (TPSA) is 70.7 Å². The highest BCUT2D eigenvalue weighted by Gasteiger charge is 2.33. The first-order valence-electron chi connectivity index (χ1n) is 9.51. The summed E-state index contributed by atoms with van der Waals surface area (Å²) in [6, 6.07) is 11.3. The number of benzene rings is 2. The van der Waals surface area contributed by atoms with Crippen LogP contribution in [0.15, 0.2) is 53.7 Å². The van der Waals surface area contributed by atoms with Gasteiger partial charge in [-0.25, -0.2) is 4.79 Å². The van der Waals surface area contributed by atoms with Crippen molar-refractivity contribution in [2.45, 2.75) is 19.9 Å². The van der Waals surface area contributed by atoms with Crippen LogP contribution in [0.5, 0.6) is 0 Å². The van der Waals surface area contributed by atoms with Gasteiger partial charge in [0.1, 0.15) is 0 Å². The molecule has 0 saturated carbocycles. The van der Waals surface area contributed by atoms with E-state index in [2.05, 4.69) is 10.6 Å². The van der Waals surface area contributed by atoms with Crippen LogP contribution < -0.4 is 10.6 Å². The molecule has 1 heterocycles. The summed E-state index contributed by atoms with van der Waals surface area (Å²) in [5.41, 5.74) is 2.86. The van der Waals surface area contributed by atoms with Crippen molar-refractivity contribution in [3.05, 3.63) is 74.9 Å². The van der Waals surface area contributed by atoms with Gasteiger partial charge in [-0.15, -0.1) is 0 Å². The van der Waals surface area contributed by atoms with Crippen molar-refractivity contribution in [3.8, 4) is 0 Å². The van der Waals surface area contributed by atoms with Crippen LogP contribution in [-0.2, 0) is 9.53 Å². The van der Waals surface area contributed by atoms with Gasteiger partial charge < -0.3 is 20.3 Å². The summed E-state index contributed by atoms with van der Waals surface area (Å²) >= 11 is 17.3. The predicted octanol–water partition coefficient (Wildman–Crippen LogP) is 4.94. The molecule has 1 aliphatic heterocycles. The quantitative estimate of drug-likeness (QED) is 0.469. The normalized spacial score (nSPS) is 16.1. The monoisotopic (exact) mass is 477 g/mol. The number of allylic oxidation sites excluding steroid dienone is 1. The Morgan fingerprint density at radius 3 is 2.61 bits per heavy atom. The second-order valence-corrected chi connectivity index (χ2v) is 8.07. The van der Waals surface area contributed by atoms with Gasteiger partial charge in [-0.3, -0.25) is 4.79 Å². The minimum Gasteiger partial charge on any atom is -0.463 e. The molecule has 31 heavy (non-hydrogen) atoms. The summed E-state index contributed by atoms with van der Waals surface area (Å²) in [5, 5.41) is 7.18. The zero-order valence-electron chi connectivity index (χ0n) is 17.2. The van der Waals surface area contributed by atoms with Crippen molar-refractivity contribution in [1.82, 2.24) is 10.2 Å². The number of anilines is 1. The minimum absolute atomic E-state index is 0.260. The van der Waals surface area contributed by atoms with E-state index >= 15 is 0 Å². The van der Waals surface area contributed by atoms with Crippen molar-refractivity contribution in [2.75, 3.05) is 19.0 Å². The molecule has 2 aromatic rings. The lowest BCUT2D eigenvalue weighted by Crippen LogP contribution is -2.46. The third kappa shape index (κ3) is 5.01. The van der Waals surface area contributed by atoms with E-state index in [1.54, 1.807) is 49.2 Å². The number of esters is 1. The van der Waals surface area contributed by atoms with Gasteiger partial charge in [0.2, 0.25) is 0 Å². The molecule has 3 rings (SSSR count). The average Bonchev–Trinajstić information content (AvgIpc) is 2.74. The number of carbonyl (C=O) groups excluding carboxylic acids is 2. The Balaban J connectivity index is 1.92. The highest BCUT2D eigenvalue weighted by molar-refractivity contribution is 7.80. The lowest BCUT2D eigenvalue weighted by molar-refractivity contribution is -0.139. The maximum atomic E-state index is 12.7. The van der Waals surface area contributed by atoms with Crippen molar-refractivity contribution in [2.24, 2.45) is 0 Å². The van der Waals surface area contributed by atoms with Gasteiger partial charge in [-0.2, -0.15) is 0 Å². The molecular weight excluding hydrogens is 457 g/mol. The number of ether oxygens (including phenoxy) is 1. The fourth-order valence-corrected chi connectivity index (χ4v) is 3.75. The largest absolute Gasteiger partial charge is 0.463 e. The van der Waals surface area contributed by atoms with Crippen molar-refractivity contribution >= 4 is 58.1 Å². The Morgan fingerprint density at radius 2 is 1.94 bits per heavy atom. The molecule has 0 aliphatic carbocycles. The number of thiocarbonyl (C=S) groups is 1. The maximum Gasteiger partial charge on any atom is 0.338 e. The molecule has 1 unspecified atom stereocenters. The summed E-state index contributed by atoms with van der Waals surface area (Å²) in [6.07, 6.45) is 0. The number of carbonyl (C=O) groups is 2. The summed E-state index contributed by atoms with van der Waals surface area (Å²) < 4.78 is 5.26. The van der Waals surface area contributed by atoms with Crippen LogP contribution in [0.2, 0.25) is 10.0 Å². The molecule has 0 spiro atoms. The zero-order valence-corrected chi connectivity index (χ0v) is 19.5. The maximum absolute atomic E-state index is 12.7. The van der Waals surface area contributed by atoms with Crippen molar-refractivity contribution in [1.29, 1.82) is 0 Å². The van der Waals surface area contributed by atoms with Gasteiger partial charge in [0.05, 0.1) is 28.3 Å². The minimum atomic E-state index is -0.510. The van der Waals surface area contributed by atoms with E-state index < -0.39 is 12.0 Å². The molecule has 162 valence electrons. The Bertz CT molecular complexity index is 1090. The fraction of sp³-hybridized carbons (Fsp3) is 0.227. The van der Waals surface area contributed by atoms with Crippen molar-refractivity contribution in [3.63, 3.8) is 0 Å². The number of amides is 1. The summed E-state index contributed by atoms with van der Waals surface area (Å²) in [6.45, 7) is 3.84. The molecule has 1 amide bonds. The van der Waals surface area contributed by atoms with Crippen LogP contribution in [0, 0.1) is 0 Å². The van der Waals surface area contributed by atoms with Gasteiger partial charge >= 0.3 is 5.97 Å². The SMILES string of the molecule is CCOC(=O)C1=C(C)N(C)C(=S)NC1c1cccc(NC(=O)c2ccc(Cl)c(Cl)c2)c1. The average molecular weight is 478 g/mol. The van der Waals surface area contributed by atoms with E-state index in [0.717, 1.165) is 5.56 Å². The summed E-state index contributed by atoms with van der Waals surface area (Å²) in [5.74, 6) is -0.753. The smallest absolute Gasteiger partial charge is 0.338 e. The van der Waals surface area contributed by atoms with E-state index in [9.17, 15) is 9.59 Å². The molecule has 0 saturated heterocycles. The molecule has 6 nitrogen and oxygen atoms in total. The van der Waals surface area contributed by atoms with Gasteiger partial charge in [0, 0.05) is 24.0 Å². The van der Waals surface area contributed by atoms with Crippen LogP contribution in [0.4, 0.5) is 5.69 Å². The summed E-state index contributed by atoms with van der Waals surface area (Å²) in [4.78, 5) is 27.0. The number of nitrogens with one attached hydrogen (secondary N) is 2. The van der Waals surface area contributed by atoms with Crippen LogP contribution in [0.25, 0.3) is 0 Å². The third-order valence-electron chi connectivity index (χ3n) is 4.91. The van der Waals surface area contributed by atoms with E-state index in [-0.39, 0.29) is 12.5 Å². The molecule has 9 heteroatoms. The first-order chi connectivity index (χ1) is 14.7. The Morgan fingerprint density at radius 1 is 1.19 bits per heavy atom. The molecule has 2 N–H and O–H groups in total. The number of hydrogen-bond acceptors (Lipinski definition) is 4. The Kier molecular flexibility index (Phi) is 7.20. The Hall–Kier alpha value is -2.61. The molecule has 1 aliphatic rings. The molecule has 0 aromatic heterocycles. The highest BCUT2D eigenvalue weighted by Crippen LogP contribution is 2.32. The summed E-state index contributed by atoms with van der Waals surface area (Å²) in [7, 11) is 1.79. The second kappa shape index (κ2) is 9.68. The standard InChI is InChI=1S/C22H21Cl2N3O3S/c1-4-30-21(29)18-12(2)27(3)22(31)26-19(18)13-6-5-7-15(10-13)25-20(28)14-8-9-16(23)17(24)11-14/h5-11,19H,4H2,1-3H3,(H,25,28)(H,26,31). The number of rotatable bonds is 5. The van der Waals surface area contributed by atoms with E-state index in [4.69, 9.17) is 40.2 Å². The van der Waals surface area contributed by atoms with Gasteiger partial charge in [-0.1, -0.05) is 35.3 Å². The predicted molar refractivity (Wildman–Crippen MR) is 126 cm³/mol. The molecule has 0 fully saturated rings. The second-order valence-electron chi connectivity index (χ2n) is 6.87. The fourth-order valence-electron chi connectivity index (χ4n) is 3.20. The number of halogens is 2. The Labute approximate surface area is 196 Å². The van der Waals surface area contributed by atoms with Crippen LogP contribution in [0.3, 0.4) is 0 Å².